The van der Waals surface area contributed by atoms with E-state index < -0.39 is 0 Å². The lowest BCUT2D eigenvalue weighted by atomic mass is 9.67. The fraction of sp³-hybridized carbons (Fsp3) is 0.609. The molecule has 0 aromatic heterocycles. The molecule has 0 bridgehead atoms. The van der Waals surface area contributed by atoms with Crippen LogP contribution in [0.1, 0.15) is 49.4 Å². The van der Waals surface area contributed by atoms with Gasteiger partial charge < -0.3 is 14.7 Å². The number of benzene rings is 1. The average Bonchev–Trinajstić information content (AvgIpc) is 3.12. The Labute approximate surface area is 172 Å². The quantitative estimate of drug-likeness (QED) is 0.770. The molecule has 1 aliphatic carbocycles. The third-order valence-electron chi connectivity index (χ3n) is 7.14. The van der Waals surface area contributed by atoms with Crippen LogP contribution in [0.5, 0.6) is 0 Å². The first-order valence-corrected chi connectivity index (χ1v) is 10.9. The van der Waals surface area contributed by atoms with E-state index in [2.05, 4.69) is 0 Å². The second-order valence-electron chi connectivity index (χ2n) is 8.86. The van der Waals surface area contributed by atoms with Gasteiger partial charge in [-0.1, -0.05) is 37.5 Å². The van der Waals surface area contributed by atoms with Gasteiger partial charge in [0.1, 0.15) is 0 Å². The Kier molecular flexibility index (Phi) is 5.61. The first kappa shape index (κ1) is 19.9. The zero-order valence-electron chi connectivity index (χ0n) is 17.3. The molecule has 1 aromatic rings. The van der Waals surface area contributed by atoms with Gasteiger partial charge in [0.2, 0.25) is 11.8 Å². The molecule has 0 N–H and O–H groups in total. The molecule has 1 spiro atoms. The highest BCUT2D eigenvalue weighted by atomic mass is 16.2. The molecule has 0 radical (unpaired) electrons. The highest BCUT2D eigenvalue weighted by Gasteiger charge is 2.52. The van der Waals surface area contributed by atoms with Crippen molar-refractivity contribution in [3.05, 3.63) is 35.9 Å². The summed E-state index contributed by atoms with van der Waals surface area (Å²) in [7, 11) is 0. The number of carbonyl (C=O) groups excluding carboxylic acids is 3. The van der Waals surface area contributed by atoms with E-state index in [1.54, 1.807) is 11.8 Å². The average molecular weight is 398 g/mol. The lowest BCUT2D eigenvalue weighted by Crippen LogP contribution is -2.53. The van der Waals surface area contributed by atoms with Crippen molar-refractivity contribution in [2.45, 2.75) is 39.0 Å². The maximum Gasteiger partial charge on any atom is 0.253 e. The van der Waals surface area contributed by atoms with Gasteiger partial charge in [0, 0.05) is 57.2 Å². The maximum atomic E-state index is 13.5. The molecule has 4 rings (SSSR count). The zero-order valence-corrected chi connectivity index (χ0v) is 17.3. The Balaban J connectivity index is 1.52. The number of rotatable bonds is 2. The lowest BCUT2D eigenvalue weighted by molar-refractivity contribution is -0.144. The second kappa shape index (κ2) is 8.17. The van der Waals surface area contributed by atoms with E-state index >= 15 is 0 Å². The van der Waals surface area contributed by atoms with Gasteiger partial charge in [-0.05, 0) is 25.0 Å². The number of nitrogens with zero attached hydrogens (tertiary/aromatic N) is 3. The predicted octanol–water partition coefficient (Wildman–Crippen LogP) is 2.40. The minimum absolute atomic E-state index is 0.0345. The van der Waals surface area contributed by atoms with Crippen molar-refractivity contribution < 1.29 is 14.4 Å². The summed E-state index contributed by atoms with van der Waals surface area (Å²) < 4.78 is 0. The summed E-state index contributed by atoms with van der Waals surface area (Å²) in [5.41, 5.74) is 0.610. The van der Waals surface area contributed by atoms with E-state index in [0.717, 1.165) is 25.7 Å². The highest BCUT2D eigenvalue weighted by Crippen LogP contribution is 2.48. The number of hydrogen-bond acceptors (Lipinski definition) is 3. The van der Waals surface area contributed by atoms with E-state index in [9.17, 15) is 14.4 Å². The summed E-state index contributed by atoms with van der Waals surface area (Å²) in [5, 5.41) is 0. The van der Waals surface area contributed by atoms with Crippen molar-refractivity contribution in [2.75, 3.05) is 39.3 Å². The SMILES string of the molecule is CC(=O)N1CCN(C(=O)[C@@H]2CN(C(=O)c3ccccc3)CC23CCCCC3)CC1. The topological polar surface area (TPSA) is 60.9 Å². The zero-order chi connectivity index (χ0) is 20.4. The van der Waals surface area contributed by atoms with E-state index in [1.165, 1.54) is 6.42 Å². The maximum absolute atomic E-state index is 13.5. The molecule has 2 saturated heterocycles. The normalized spacial score (nSPS) is 24.0. The molecular formula is C23H31N3O3. The van der Waals surface area contributed by atoms with Gasteiger partial charge in [-0.2, -0.15) is 0 Å². The van der Waals surface area contributed by atoms with Crippen molar-refractivity contribution in [1.29, 1.82) is 0 Å². The molecule has 29 heavy (non-hydrogen) atoms. The summed E-state index contributed by atoms with van der Waals surface area (Å²) >= 11 is 0. The van der Waals surface area contributed by atoms with Crippen molar-refractivity contribution in [1.82, 2.24) is 14.7 Å². The summed E-state index contributed by atoms with van der Waals surface area (Å²) in [6.07, 6.45) is 5.53. The highest BCUT2D eigenvalue weighted by molar-refractivity contribution is 5.95. The van der Waals surface area contributed by atoms with Crippen LogP contribution in [0.2, 0.25) is 0 Å². The molecule has 6 heteroatoms. The largest absolute Gasteiger partial charge is 0.339 e. The molecule has 2 heterocycles. The molecule has 3 amide bonds. The van der Waals surface area contributed by atoms with E-state index in [4.69, 9.17) is 0 Å². The fourth-order valence-corrected chi connectivity index (χ4v) is 5.45. The van der Waals surface area contributed by atoms with Gasteiger partial charge in [-0.3, -0.25) is 14.4 Å². The van der Waals surface area contributed by atoms with Gasteiger partial charge in [-0.25, -0.2) is 0 Å². The Morgan fingerprint density at radius 1 is 0.862 bits per heavy atom. The smallest absolute Gasteiger partial charge is 0.253 e. The van der Waals surface area contributed by atoms with Gasteiger partial charge in [-0.15, -0.1) is 0 Å². The van der Waals surface area contributed by atoms with Gasteiger partial charge >= 0.3 is 0 Å². The Morgan fingerprint density at radius 2 is 1.48 bits per heavy atom. The fourth-order valence-electron chi connectivity index (χ4n) is 5.45. The van der Waals surface area contributed by atoms with Crippen LogP contribution < -0.4 is 0 Å². The second-order valence-corrected chi connectivity index (χ2v) is 8.86. The molecule has 3 aliphatic rings. The number of hydrogen-bond donors (Lipinski definition) is 0. The Bertz CT molecular complexity index is 765. The van der Waals surface area contributed by atoms with Crippen LogP contribution in [-0.2, 0) is 9.59 Å². The minimum Gasteiger partial charge on any atom is -0.339 e. The van der Waals surface area contributed by atoms with E-state index in [0.29, 0.717) is 44.8 Å². The van der Waals surface area contributed by atoms with Crippen molar-refractivity contribution >= 4 is 17.7 Å². The Morgan fingerprint density at radius 3 is 2.10 bits per heavy atom. The van der Waals surface area contributed by atoms with Crippen LogP contribution in [0.4, 0.5) is 0 Å². The standard InChI is InChI=1S/C23H31N3O3/c1-18(27)24-12-14-25(15-13-24)22(29)20-16-26(17-23(20)10-6-3-7-11-23)21(28)19-8-4-2-5-9-19/h2,4-5,8-9,20H,3,6-7,10-17H2,1H3/t20-/m0/s1. The first-order valence-electron chi connectivity index (χ1n) is 10.9. The van der Waals surface area contributed by atoms with Crippen LogP contribution >= 0.6 is 0 Å². The molecular weight excluding hydrogens is 366 g/mol. The minimum atomic E-state index is -0.126. The summed E-state index contributed by atoms with van der Waals surface area (Å²) in [6, 6.07) is 9.39. The molecule has 1 aromatic carbocycles. The number of piperazine rings is 1. The number of amides is 3. The molecule has 1 saturated carbocycles. The Hall–Kier alpha value is -2.37. The lowest BCUT2D eigenvalue weighted by Gasteiger charge is -2.41. The van der Waals surface area contributed by atoms with Crippen molar-refractivity contribution in [2.24, 2.45) is 11.3 Å². The van der Waals surface area contributed by atoms with E-state index in [-0.39, 0.29) is 29.1 Å². The molecule has 156 valence electrons. The number of likely N-dealkylation sites (tertiary alicyclic amines) is 1. The van der Waals surface area contributed by atoms with E-state index in [1.807, 2.05) is 40.1 Å². The summed E-state index contributed by atoms with van der Waals surface area (Å²) in [4.78, 5) is 43.9. The third-order valence-corrected chi connectivity index (χ3v) is 7.14. The summed E-state index contributed by atoms with van der Waals surface area (Å²) in [6.45, 7) is 5.18. The van der Waals surface area contributed by atoms with Crippen LogP contribution in [0.25, 0.3) is 0 Å². The molecule has 6 nitrogen and oxygen atoms in total. The number of carbonyl (C=O) groups is 3. The van der Waals surface area contributed by atoms with Gasteiger partial charge in [0.25, 0.3) is 5.91 Å². The van der Waals surface area contributed by atoms with Gasteiger partial charge in [0.05, 0.1) is 5.92 Å². The van der Waals surface area contributed by atoms with Crippen LogP contribution in [0.15, 0.2) is 30.3 Å². The van der Waals surface area contributed by atoms with Crippen molar-refractivity contribution in [3.63, 3.8) is 0 Å². The van der Waals surface area contributed by atoms with Crippen molar-refractivity contribution in [3.8, 4) is 0 Å². The molecule has 3 fully saturated rings. The third kappa shape index (κ3) is 3.89. The van der Waals surface area contributed by atoms with Crippen LogP contribution in [0, 0.1) is 11.3 Å². The van der Waals surface area contributed by atoms with Gasteiger partial charge in [0.15, 0.2) is 0 Å². The predicted molar refractivity (Wildman–Crippen MR) is 110 cm³/mol. The summed E-state index contributed by atoms with van der Waals surface area (Å²) in [5.74, 6) is 0.159. The molecule has 1 atom stereocenters. The molecule has 2 aliphatic heterocycles. The monoisotopic (exact) mass is 397 g/mol. The molecule has 0 unspecified atom stereocenters. The van der Waals surface area contributed by atoms with Crippen LogP contribution in [0.3, 0.4) is 0 Å². The first-order chi connectivity index (χ1) is 14.0. The van der Waals surface area contributed by atoms with Crippen LogP contribution in [-0.4, -0.2) is 71.7 Å².